The Morgan fingerprint density at radius 1 is 1.00 bits per heavy atom. The topological polar surface area (TPSA) is 75.3 Å². The molecule has 3 rings (SSSR count). The molecule has 3 aromatic rings. The van der Waals surface area contributed by atoms with E-state index in [-0.39, 0.29) is 16.1 Å². The van der Waals surface area contributed by atoms with Crippen molar-refractivity contribution in [3.05, 3.63) is 87.4 Å². The summed E-state index contributed by atoms with van der Waals surface area (Å²) in [6.45, 7) is 1.87. The molecule has 0 aliphatic heterocycles. The van der Waals surface area contributed by atoms with Gasteiger partial charge in [0, 0.05) is 10.2 Å². The van der Waals surface area contributed by atoms with Gasteiger partial charge in [0.25, 0.3) is 15.9 Å². The molecule has 0 unspecified atom stereocenters. The molecule has 0 radical (unpaired) electrons. The Balaban J connectivity index is 1.87. The number of amides is 1. The van der Waals surface area contributed by atoms with E-state index in [1.165, 1.54) is 18.2 Å². The number of halogens is 2. The molecule has 0 aromatic heterocycles. The summed E-state index contributed by atoms with van der Waals surface area (Å²) in [6, 6.07) is 17.9. The summed E-state index contributed by atoms with van der Waals surface area (Å²) in [5.74, 6) is -0.458. The van der Waals surface area contributed by atoms with Crippen molar-refractivity contribution in [2.75, 3.05) is 10.0 Å². The molecule has 0 heterocycles. The number of nitrogens with one attached hydrogen (secondary N) is 2. The fourth-order valence-corrected chi connectivity index (χ4v) is 3.97. The SMILES string of the molecule is Cc1ccc(S(=O)(=O)Nc2ccccc2C(=O)Nc2ccc(Br)c(Cl)c2)cc1. The number of sulfonamides is 1. The Bertz CT molecular complexity index is 1130. The Hall–Kier alpha value is -2.35. The van der Waals surface area contributed by atoms with Gasteiger partial charge in [-0.3, -0.25) is 9.52 Å². The van der Waals surface area contributed by atoms with Gasteiger partial charge in [0.1, 0.15) is 0 Å². The second-order valence-electron chi connectivity index (χ2n) is 6.05. The van der Waals surface area contributed by atoms with E-state index in [1.54, 1.807) is 48.5 Å². The van der Waals surface area contributed by atoms with Crippen LogP contribution in [0.15, 0.2) is 76.1 Å². The molecule has 0 saturated heterocycles. The van der Waals surface area contributed by atoms with Crippen LogP contribution in [-0.2, 0) is 10.0 Å². The van der Waals surface area contributed by atoms with Crippen LogP contribution in [0.25, 0.3) is 0 Å². The van der Waals surface area contributed by atoms with Gasteiger partial charge in [0.05, 0.1) is 21.2 Å². The van der Waals surface area contributed by atoms with Crippen LogP contribution in [-0.4, -0.2) is 14.3 Å². The highest BCUT2D eigenvalue weighted by Gasteiger charge is 2.18. The first kappa shape index (κ1) is 20.4. The minimum Gasteiger partial charge on any atom is -0.322 e. The van der Waals surface area contributed by atoms with Gasteiger partial charge in [-0.15, -0.1) is 0 Å². The lowest BCUT2D eigenvalue weighted by Gasteiger charge is -2.13. The molecule has 0 bridgehead atoms. The zero-order chi connectivity index (χ0) is 20.3. The summed E-state index contributed by atoms with van der Waals surface area (Å²) >= 11 is 9.34. The maximum atomic E-state index is 12.7. The van der Waals surface area contributed by atoms with Crippen molar-refractivity contribution in [2.45, 2.75) is 11.8 Å². The quantitative estimate of drug-likeness (QED) is 0.510. The van der Waals surface area contributed by atoms with Crippen molar-refractivity contribution in [1.82, 2.24) is 0 Å². The van der Waals surface area contributed by atoms with Crippen LogP contribution in [0.5, 0.6) is 0 Å². The van der Waals surface area contributed by atoms with Crippen LogP contribution in [0.1, 0.15) is 15.9 Å². The monoisotopic (exact) mass is 478 g/mol. The highest BCUT2D eigenvalue weighted by Crippen LogP contribution is 2.27. The highest BCUT2D eigenvalue weighted by atomic mass is 79.9. The number of carbonyl (C=O) groups is 1. The van der Waals surface area contributed by atoms with Gasteiger partial charge in [-0.1, -0.05) is 41.4 Å². The fourth-order valence-electron chi connectivity index (χ4n) is 2.46. The van der Waals surface area contributed by atoms with Crippen molar-refractivity contribution in [2.24, 2.45) is 0 Å². The number of anilines is 2. The normalized spacial score (nSPS) is 11.1. The van der Waals surface area contributed by atoms with Crippen LogP contribution >= 0.6 is 27.5 Å². The average molecular weight is 480 g/mol. The van der Waals surface area contributed by atoms with Crippen molar-refractivity contribution in [3.8, 4) is 0 Å². The maximum absolute atomic E-state index is 12.7. The number of aryl methyl sites for hydroxylation is 1. The van der Waals surface area contributed by atoms with Gasteiger partial charge < -0.3 is 5.32 Å². The molecule has 0 atom stereocenters. The lowest BCUT2D eigenvalue weighted by Crippen LogP contribution is -2.18. The number of rotatable bonds is 5. The second-order valence-corrected chi connectivity index (χ2v) is 8.99. The second kappa shape index (κ2) is 8.34. The van der Waals surface area contributed by atoms with Crippen LogP contribution in [0.2, 0.25) is 5.02 Å². The predicted octanol–water partition coefficient (Wildman–Crippen LogP) is 5.46. The zero-order valence-corrected chi connectivity index (χ0v) is 17.9. The summed E-state index contributed by atoms with van der Waals surface area (Å²) in [5, 5.41) is 3.17. The van der Waals surface area contributed by atoms with Crippen molar-refractivity contribution < 1.29 is 13.2 Å². The largest absolute Gasteiger partial charge is 0.322 e. The van der Waals surface area contributed by atoms with E-state index in [0.29, 0.717) is 15.2 Å². The molecule has 1 amide bonds. The molecule has 2 N–H and O–H groups in total. The van der Waals surface area contributed by atoms with Crippen LogP contribution in [0.4, 0.5) is 11.4 Å². The minimum atomic E-state index is -3.83. The Kier molecular flexibility index (Phi) is 6.07. The Morgan fingerprint density at radius 3 is 2.36 bits per heavy atom. The molecular weight excluding hydrogens is 464 g/mol. The number of hydrogen-bond donors (Lipinski definition) is 2. The Morgan fingerprint density at radius 2 is 1.68 bits per heavy atom. The van der Waals surface area contributed by atoms with Gasteiger partial charge in [-0.2, -0.15) is 0 Å². The number of para-hydroxylation sites is 1. The molecule has 0 aliphatic rings. The Labute approximate surface area is 176 Å². The van der Waals surface area contributed by atoms with E-state index >= 15 is 0 Å². The number of carbonyl (C=O) groups excluding carboxylic acids is 1. The minimum absolute atomic E-state index is 0.119. The maximum Gasteiger partial charge on any atom is 0.261 e. The number of benzene rings is 3. The molecule has 0 spiro atoms. The van der Waals surface area contributed by atoms with Gasteiger partial charge >= 0.3 is 0 Å². The molecule has 144 valence electrons. The smallest absolute Gasteiger partial charge is 0.261 e. The molecule has 0 fully saturated rings. The zero-order valence-electron chi connectivity index (χ0n) is 14.7. The van der Waals surface area contributed by atoms with E-state index in [9.17, 15) is 13.2 Å². The molecule has 8 heteroatoms. The van der Waals surface area contributed by atoms with Crippen LogP contribution in [0, 0.1) is 6.92 Å². The van der Waals surface area contributed by atoms with E-state index in [1.807, 2.05) is 6.92 Å². The van der Waals surface area contributed by atoms with Crippen LogP contribution < -0.4 is 10.0 Å². The van der Waals surface area contributed by atoms with Gasteiger partial charge in [-0.25, -0.2) is 8.42 Å². The summed E-state index contributed by atoms with van der Waals surface area (Å²) < 4.78 is 28.5. The van der Waals surface area contributed by atoms with E-state index in [0.717, 1.165) is 5.56 Å². The molecule has 0 aliphatic carbocycles. The third kappa shape index (κ3) is 4.73. The van der Waals surface area contributed by atoms with Crippen molar-refractivity contribution in [1.29, 1.82) is 0 Å². The van der Waals surface area contributed by atoms with Crippen molar-refractivity contribution >= 4 is 54.8 Å². The summed E-state index contributed by atoms with van der Waals surface area (Å²) in [7, 11) is -3.83. The number of hydrogen-bond acceptors (Lipinski definition) is 3. The fraction of sp³-hybridized carbons (Fsp3) is 0.0500. The average Bonchev–Trinajstić information content (AvgIpc) is 2.65. The third-order valence-electron chi connectivity index (χ3n) is 3.92. The van der Waals surface area contributed by atoms with Crippen molar-refractivity contribution in [3.63, 3.8) is 0 Å². The molecule has 0 saturated carbocycles. The van der Waals surface area contributed by atoms with E-state index in [2.05, 4.69) is 26.0 Å². The summed E-state index contributed by atoms with van der Waals surface area (Å²) in [4.78, 5) is 12.8. The predicted molar refractivity (Wildman–Crippen MR) is 116 cm³/mol. The van der Waals surface area contributed by atoms with Gasteiger partial charge in [-0.05, 0) is 65.3 Å². The first-order valence-corrected chi connectivity index (χ1v) is 10.9. The molecule has 5 nitrogen and oxygen atoms in total. The molecular formula is C20H16BrClN2O3S. The molecule has 3 aromatic carbocycles. The van der Waals surface area contributed by atoms with E-state index in [4.69, 9.17) is 11.6 Å². The first-order chi connectivity index (χ1) is 13.3. The standard InChI is InChI=1S/C20H16BrClN2O3S/c1-13-6-9-15(10-7-13)28(26,27)24-19-5-3-2-4-16(19)20(25)23-14-8-11-17(21)18(22)12-14/h2-12,24H,1H3,(H,23,25). The summed E-state index contributed by atoms with van der Waals surface area (Å²) in [5.41, 5.74) is 1.82. The molecule has 28 heavy (non-hydrogen) atoms. The van der Waals surface area contributed by atoms with Gasteiger partial charge in [0.15, 0.2) is 0 Å². The van der Waals surface area contributed by atoms with E-state index < -0.39 is 15.9 Å². The third-order valence-corrected chi connectivity index (χ3v) is 6.54. The van der Waals surface area contributed by atoms with Crippen LogP contribution in [0.3, 0.4) is 0 Å². The first-order valence-electron chi connectivity index (χ1n) is 8.21. The summed E-state index contributed by atoms with van der Waals surface area (Å²) in [6.07, 6.45) is 0. The van der Waals surface area contributed by atoms with Gasteiger partial charge in [0.2, 0.25) is 0 Å². The lowest BCUT2D eigenvalue weighted by atomic mass is 10.1. The lowest BCUT2D eigenvalue weighted by molar-refractivity contribution is 0.102. The highest BCUT2D eigenvalue weighted by molar-refractivity contribution is 9.10.